The second-order valence-corrected chi connectivity index (χ2v) is 6.59. The number of aromatic nitrogens is 1. The van der Waals surface area contributed by atoms with Crippen molar-refractivity contribution in [1.29, 1.82) is 0 Å². The first kappa shape index (κ1) is 13.7. The minimum absolute atomic E-state index is 0.174. The quantitative estimate of drug-likeness (QED) is 0.864. The summed E-state index contributed by atoms with van der Waals surface area (Å²) in [4.78, 5) is 6.04. The molecule has 1 N–H and O–H groups in total. The molecule has 0 aliphatic heterocycles. The molecular weight excluding hydrogens is 216 g/mol. The smallest absolute Gasteiger partial charge is 0.0959 e. The molecule has 0 saturated carbocycles. The zero-order valence-electron chi connectivity index (χ0n) is 11.3. The Morgan fingerprint density at radius 2 is 2.00 bits per heavy atom. The van der Waals surface area contributed by atoms with E-state index in [0.717, 1.165) is 6.54 Å². The summed E-state index contributed by atoms with van der Waals surface area (Å²) in [6.45, 7) is 14.1. The fourth-order valence-corrected chi connectivity index (χ4v) is 2.49. The number of nitrogens with zero attached hydrogens (tertiary/aromatic N) is 1. The summed E-state index contributed by atoms with van der Waals surface area (Å²) >= 11 is 1.86. The van der Waals surface area contributed by atoms with Gasteiger partial charge in [0.1, 0.15) is 0 Å². The minimum Gasteiger partial charge on any atom is -0.307 e. The Morgan fingerprint density at radius 1 is 1.38 bits per heavy atom. The second-order valence-electron chi connectivity index (χ2n) is 5.47. The largest absolute Gasteiger partial charge is 0.307 e. The average molecular weight is 240 g/mol. The van der Waals surface area contributed by atoms with E-state index in [1.165, 1.54) is 22.0 Å². The summed E-state index contributed by atoms with van der Waals surface area (Å²) in [5.41, 5.74) is 1.37. The Morgan fingerprint density at radius 3 is 2.50 bits per heavy atom. The number of thiazole rings is 1. The van der Waals surface area contributed by atoms with Crippen LogP contribution in [0.2, 0.25) is 0 Å². The van der Waals surface area contributed by atoms with Crippen LogP contribution in [-0.4, -0.2) is 10.5 Å². The Kier molecular flexibility index (Phi) is 4.51. The van der Waals surface area contributed by atoms with Crippen LogP contribution in [0.5, 0.6) is 0 Å². The van der Waals surface area contributed by atoms with Gasteiger partial charge in [0, 0.05) is 22.9 Å². The van der Waals surface area contributed by atoms with Gasteiger partial charge >= 0.3 is 0 Å². The molecule has 1 heterocycles. The molecule has 92 valence electrons. The molecule has 16 heavy (non-hydrogen) atoms. The lowest BCUT2D eigenvalue weighted by Crippen LogP contribution is -2.34. The fourth-order valence-electron chi connectivity index (χ4n) is 1.35. The van der Waals surface area contributed by atoms with Crippen LogP contribution in [0.25, 0.3) is 0 Å². The van der Waals surface area contributed by atoms with Gasteiger partial charge in [-0.1, -0.05) is 13.8 Å². The van der Waals surface area contributed by atoms with Crippen molar-refractivity contribution < 1.29 is 0 Å². The van der Waals surface area contributed by atoms with Crippen LogP contribution in [0.15, 0.2) is 0 Å². The minimum atomic E-state index is 0.174. The van der Waals surface area contributed by atoms with Gasteiger partial charge in [-0.05, 0) is 34.1 Å². The summed E-state index contributed by atoms with van der Waals surface area (Å²) in [6.07, 6.45) is 1.17. The summed E-state index contributed by atoms with van der Waals surface area (Å²) < 4.78 is 0. The molecule has 3 heteroatoms. The van der Waals surface area contributed by atoms with Crippen molar-refractivity contribution in [2.24, 2.45) is 0 Å². The molecule has 0 aliphatic rings. The van der Waals surface area contributed by atoms with Crippen LogP contribution in [0.4, 0.5) is 0 Å². The van der Waals surface area contributed by atoms with Gasteiger partial charge in [0.2, 0.25) is 0 Å². The van der Waals surface area contributed by atoms with E-state index in [0.29, 0.717) is 5.92 Å². The van der Waals surface area contributed by atoms with E-state index >= 15 is 0 Å². The Labute approximate surface area is 103 Å². The van der Waals surface area contributed by atoms with Crippen molar-refractivity contribution in [2.45, 2.75) is 66.0 Å². The standard InChI is InChI=1S/C13H24N2S/c1-7-9(2)12-15-10(3)11(16-12)8-14-13(4,5)6/h9,14H,7-8H2,1-6H3. The molecule has 1 unspecified atom stereocenters. The van der Waals surface area contributed by atoms with E-state index in [-0.39, 0.29) is 5.54 Å². The maximum absolute atomic E-state index is 4.66. The molecule has 1 aromatic rings. The maximum atomic E-state index is 4.66. The molecule has 0 bridgehead atoms. The number of rotatable bonds is 4. The van der Waals surface area contributed by atoms with Gasteiger partial charge in [-0.2, -0.15) is 0 Å². The zero-order chi connectivity index (χ0) is 12.3. The Bertz CT molecular complexity index is 336. The number of nitrogens with one attached hydrogen (secondary N) is 1. The van der Waals surface area contributed by atoms with E-state index in [1.807, 2.05) is 11.3 Å². The summed E-state index contributed by atoms with van der Waals surface area (Å²) in [7, 11) is 0. The van der Waals surface area contributed by atoms with Crippen LogP contribution in [-0.2, 0) is 6.54 Å². The third-order valence-corrected chi connectivity index (χ3v) is 4.11. The van der Waals surface area contributed by atoms with Crippen molar-refractivity contribution in [2.75, 3.05) is 0 Å². The van der Waals surface area contributed by atoms with Crippen LogP contribution in [0.1, 0.15) is 62.5 Å². The van der Waals surface area contributed by atoms with Gasteiger partial charge in [0.25, 0.3) is 0 Å². The van der Waals surface area contributed by atoms with Crippen molar-refractivity contribution in [1.82, 2.24) is 10.3 Å². The van der Waals surface area contributed by atoms with Crippen molar-refractivity contribution >= 4 is 11.3 Å². The summed E-state index contributed by atoms with van der Waals surface area (Å²) in [5.74, 6) is 0.590. The van der Waals surface area contributed by atoms with Crippen molar-refractivity contribution in [3.63, 3.8) is 0 Å². The molecule has 2 nitrogen and oxygen atoms in total. The molecule has 0 spiro atoms. The predicted octanol–water partition coefficient (Wildman–Crippen LogP) is 3.85. The monoisotopic (exact) mass is 240 g/mol. The van der Waals surface area contributed by atoms with E-state index in [4.69, 9.17) is 0 Å². The normalized spacial score (nSPS) is 14.1. The first-order chi connectivity index (χ1) is 7.33. The van der Waals surface area contributed by atoms with Crippen LogP contribution in [0, 0.1) is 6.92 Å². The lowest BCUT2D eigenvalue weighted by molar-refractivity contribution is 0.425. The fraction of sp³-hybridized carbons (Fsp3) is 0.769. The molecule has 0 saturated heterocycles. The number of aryl methyl sites for hydroxylation is 1. The van der Waals surface area contributed by atoms with Gasteiger partial charge in [-0.3, -0.25) is 0 Å². The summed E-state index contributed by atoms with van der Waals surface area (Å²) in [6, 6.07) is 0. The third-order valence-electron chi connectivity index (χ3n) is 2.72. The number of hydrogen-bond donors (Lipinski definition) is 1. The second kappa shape index (κ2) is 5.28. The van der Waals surface area contributed by atoms with E-state index in [9.17, 15) is 0 Å². The Balaban J connectivity index is 2.71. The van der Waals surface area contributed by atoms with Crippen molar-refractivity contribution in [3.8, 4) is 0 Å². The van der Waals surface area contributed by atoms with E-state index in [2.05, 4.69) is 51.8 Å². The lowest BCUT2D eigenvalue weighted by Gasteiger charge is -2.19. The Hall–Kier alpha value is -0.410. The molecule has 0 aromatic carbocycles. The molecule has 1 aromatic heterocycles. The first-order valence-corrected chi connectivity index (χ1v) is 6.86. The molecular formula is C13H24N2S. The summed E-state index contributed by atoms with van der Waals surface area (Å²) in [5, 5.41) is 4.80. The van der Waals surface area contributed by atoms with Gasteiger partial charge in [0.05, 0.1) is 10.7 Å². The van der Waals surface area contributed by atoms with Gasteiger partial charge in [0.15, 0.2) is 0 Å². The first-order valence-electron chi connectivity index (χ1n) is 6.04. The maximum Gasteiger partial charge on any atom is 0.0959 e. The molecule has 1 rings (SSSR count). The van der Waals surface area contributed by atoms with Crippen LogP contribution in [0.3, 0.4) is 0 Å². The van der Waals surface area contributed by atoms with Gasteiger partial charge < -0.3 is 5.32 Å². The van der Waals surface area contributed by atoms with Crippen LogP contribution >= 0.6 is 11.3 Å². The number of hydrogen-bond acceptors (Lipinski definition) is 3. The lowest BCUT2D eigenvalue weighted by atomic mass is 10.1. The van der Waals surface area contributed by atoms with Crippen LogP contribution < -0.4 is 5.32 Å². The zero-order valence-corrected chi connectivity index (χ0v) is 12.2. The molecule has 1 atom stereocenters. The van der Waals surface area contributed by atoms with Gasteiger partial charge in [-0.15, -0.1) is 11.3 Å². The highest BCUT2D eigenvalue weighted by Crippen LogP contribution is 2.26. The highest BCUT2D eigenvalue weighted by atomic mass is 32.1. The third kappa shape index (κ3) is 3.87. The predicted molar refractivity (Wildman–Crippen MR) is 72.1 cm³/mol. The highest BCUT2D eigenvalue weighted by molar-refractivity contribution is 7.11. The van der Waals surface area contributed by atoms with E-state index in [1.54, 1.807) is 0 Å². The topological polar surface area (TPSA) is 24.9 Å². The van der Waals surface area contributed by atoms with Gasteiger partial charge in [-0.25, -0.2) is 4.98 Å². The molecule has 0 aliphatic carbocycles. The molecule has 0 amide bonds. The SMILES string of the molecule is CCC(C)c1nc(C)c(CNC(C)(C)C)s1. The highest BCUT2D eigenvalue weighted by Gasteiger charge is 2.14. The average Bonchev–Trinajstić information content (AvgIpc) is 2.54. The van der Waals surface area contributed by atoms with E-state index < -0.39 is 0 Å². The van der Waals surface area contributed by atoms with Crippen molar-refractivity contribution in [3.05, 3.63) is 15.6 Å². The molecule has 0 fully saturated rings. The molecule has 0 radical (unpaired) electrons.